The summed E-state index contributed by atoms with van der Waals surface area (Å²) in [6.45, 7) is 1.88. The highest BCUT2D eigenvalue weighted by molar-refractivity contribution is 6.04. The van der Waals surface area contributed by atoms with E-state index in [0.29, 0.717) is 5.69 Å². The Balaban J connectivity index is 2.34. The molecule has 0 radical (unpaired) electrons. The number of carbonyl (C=O) groups is 2. The number of amides is 1. The number of hydrogen-bond donors (Lipinski definition) is 1. The van der Waals surface area contributed by atoms with Gasteiger partial charge in [-0.3, -0.25) is 14.5 Å². The van der Waals surface area contributed by atoms with Crippen LogP contribution in [0.4, 0.5) is 5.69 Å². The Morgan fingerprint density at radius 1 is 1.42 bits per heavy atom. The van der Waals surface area contributed by atoms with Crippen molar-refractivity contribution in [2.45, 2.75) is 13.0 Å². The van der Waals surface area contributed by atoms with Crippen molar-refractivity contribution in [1.29, 1.82) is 0 Å². The Bertz CT molecular complexity index is 525. The molecule has 2 N–H and O–H groups in total. The maximum absolute atomic E-state index is 12.2. The zero-order chi connectivity index (χ0) is 13.8. The standard InChI is InChI=1S/C14H16N2O3/c1-2-19-13(17)9-16-12-6-4-3-5-10(12)7-8-11(15)14(16)18/h3-8,11H,2,9,15H2,1H3. The second-order valence-electron chi connectivity index (χ2n) is 4.17. The molecule has 5 heteroatoms. The normalized spacial score (nSPS) is 17.9. The van der Waals surface area contributed by atoms with Crippen molar-refractivity contribution in [3.8, 4) is 0 Å². The van der Waals surface area contributed by atoms with E-state index in [-0.39, 0.29) is 19.1 Å². The number of hydrogen-bond acceptors (Lipinski definition) is 4. The molecule has 1 heterocycles. The van der Waals surface area contributed by atoms with Crippen LogP contribution in [0.3, 0.4) is 0 Å². The van der Waals surface area contributed by atoms with E-state index in [1.165, 1.54) is 4.90 Å². The van der Waals surface area contributed by atoms with Gasteiger partial charge in [-0.15, -0.1) is 0 Å². The Morgan fingerprint density at radius 2 is 2.16 bits per heavy atom. The van der Waals surface area contributed by atoms with Gasteiger partial charge in [-0.2, -0.15) is 0 Å². The predicted molar refractivity (Wildman–Crippen MR) is 72.4 cm³/mol. The van der Waals surface area contributed by atoms with Crippen molar-refractivity contribution >= 4 is 23.6 Å². The number of carbonyl (C=O) groups excluding carboxylic acids is 2. The smallest absolute Gasteiger partial charge is 0.326 e. The second-order valence-corrected chi connectivity index (χ2v) is 4.17. The minimum absolute atomic E-state index is 0.126. The molecule has 0 spiro atoms. The lowest BCUT2D eigenvalue weighted by Gasteiger charge is -2.23. The number of benzene rings is 1. The molecule has 0 saturated heterocycles. The van der Waals surface area contributed by atoms with E-state index in [4.69, 9.17) is 10.5 Å². The molecule has 0 aliphatic carbocycles. The molecule has 19 heavy (non-hydrogen) atoms. The number of anilines is 1. The summed E-state index contributed by atoms with van der Waals surface area (Å²) in [5.74, 6) is -0.756. The third kappa shape index (κ3) is 2.82. The van der Waals surface area contributed by atoms with Crippen LogP contribution >= 0.6 is 0 Å². The van der Waals surface area contributed by atoms with E-state index in [1.807, 2.05) is 18.2 Å². The highest BCUT2D eigenvalue weighted by Gasteiger charge is 2.27. The topological polar surface area (TPSA) is 72.6 Å². The van der Waals surface area contributed by atoms with Gasteiger partial charge in [0, 0.05) is 0 Å². The summed E-state index contributed by atoms with van der Waals surface area (Å²) in [5, 5.41) is 0. The summed E-state index contributed by atoms with van der Waals surface area (Å²) < 4.78 is 4.89. The third-order valence-corrected chi connectivity index (χ3v) is 2.85. The van der Waals surface area contributed by atoms with Crippen molar-refractivity contribution in [3.05, 3.63) is 35.9 Å². The number of para-hydroxylation sites is 1. The van der Waals surface area contributed by atoms with Crippen LogP contribution in [-0.2, 0) is 14.3 Å². The predicted octanol–water partition coefficient (Wildman–Crippen LogP) is 0.937. The van der Waals surface area contributed by atoms with E-state index in [0.717, 1.165) is 5.56 Å². The van der Waals surface area contributed by atoms with Crippen LogP contribution in [0.1, 0.15) is 12.5 Å². The fraction of sp³-hybridized carbons (Fsp3) is 0.286. The molecule has 1 atom stereocenters. The van der Waals surface area contributed by atoms with Crippen LogP contribution in [0.2, 0.25) is 0 Å². The van der Waals surface area contributed by atoms with Crippen molar-refractivity contribution in [1.82, 2.24) is 0 Å². The molecule has 1 aliphatic heterocycles. The summed E-state index contributed by atoms with van der Waals surface area (Å²) in [7, 11) is 0. The van der Waals surface area contributed by atoms with E-state index >= 15 is 0 Å². The number of fused-ring (bicyclic) bond motifs is 1. The number of esters is 1. The number of rotatable bonds is 3. The van der Waals surface area contributed by atoms with Crippen molar-refractivity contribution in [3.63, 3.8) is 0 Å². The molecule has 0 bridgehead atoms. The summed E-state index contributed by atoms with van der Waals surface area (Å²) in [4.78, 5) is 25.2. The summed E-state index contributed by atoms with van der Waals surface area (Å²) in [5.41, 5.74) is 7.29. The first-order valence-corrected chi connectivity index (χ1v) is 6.13. The largest absolute Gasteiger partial charge is 0.465 e. The molecule has 2 rings (SSSR count). The lowest BCUT2D eigenvalue weighted by molar-refractivity contribution is -0.142. The average molecular weight is 260 g/mol. The SMILES string of the molecule is CCOC(=O)CN1C(=O)C(N)C=Cc2ccccc21. The van der Waals surface area contributed by atoms with Gasteiger partial charge >= 0.3 is 5.97 Å². The molecule has 1 aliphatic rings. The Kier molecular flexibility index (Phi) is 3.97. The first-order valence-electron chi connectivity index (χ1n) is 6.13. The van der Waals surface area contributed by atoms with Crippen molar-refractivity contribution < 1.29 is 14.3 Å². The third-order valence-electron chi connectivity index (χ3n) is 2.85. The first kappa shape index (κ1) is 13.3. The number of nitrogens with two attached hydrogens (primary N) is 1. The van der Waals surface area contributed by atoms with E-state index in [2.05, 4.69) is 0 Å². The molecular formula is C14H16N2O3. The van der Waals surface area contributed by atoms with Crippen molar-refractivity contribution in [2.24, 2.45) is 5.73 Å². The molecule has 0 saturated carbocycles. The summed E-state index contributed by atoms with van der Waals surface area (Å²) >= 11 is 0. The van der Waals surface area contributed by atoms with Gasteiger partial charge in [0.2, 0.25) is 5.91 Å². The van der Waals surface area contributed by atoms with Crippen molar-refractivity contribution in [2.75, 3.05) is 18.1 Å². The lowest BCUT2D eigenvalue weighted by atomic mass is 10.1. The minimum Gasteiger partial charge on any atom is -0.465 e. The van der Waals surface area contributed by atoms with Gasteiger partial charge in [0.1, 0.15) is 12.6 Å². The van der Waals surface area contributed by atoms with E-state index in [1.54, 1.807) is 25.1 Å². The van der Waals surface area contributed by atoms with Gasteiger partial charge < -0.3 is 10.5 Å². The molecular weight excluding hydrogens is 244 g/mol. The van der Waals surface area contributed by atoms with E-state index in [9.17, 15) is 9.59 Å². The number of nitrogens with zero attached hydrogens (tertiary/aromatic N) is 1. The molecule has 1 amide bonds. The van der Waals surface area contributed by atoms with Crippen LogP contribution in [0.15, 0.2) is 30.3 Å². The molecule has 1 aromatic carbocycles. The highest BCUT2D eigenvalue weighted by atomic mass is 16.5. The quantitative estimate of drug-likeness (QED) is 0.821. The monoisotopic (exact) mass is 260 g/mol. The minimum atomic E-state index is -0.748. The number of ether oxygens (including phenoxy) is 1. The molecule has 100 valence electrons. The summed E-state index contributed by atoms with van der Waals surface area (Å²) in [6, 6.07) is 6.59. The first-order chi connectivity index (χ1) is 9.13. The van der Waals surface area contributed by atoms with Crippen LogP contribution < -0.4 is 10.6 Å². The van der Waals surface area contributed by atoms with Crippen LogP contribution in [0.5, 0.6) is 0 Å². The van der Waals surface area contributed by atoms with Crippen LogP contribution in [-0.4, -0.2) is 31.1 Å². The average Bonchev–Trinajstić information content (AvgIpc) is 2.52. The zero-order valence-electron chi connectivity index (χ0n) is 10.7. The van der Waals surface area contributed by atoms with Gasteiger partial charge in [0.15, 0.2) is 0 Å². The second kappa shape index (κ2) is 5.67. The maximum atomic E-state index is 12.2. The van der Waals surface area contributed by atoms with Crippen LogP contribution in [0.25, 0.3) is 6.08 Å². The Hall–Kier alpha value is -2.14. The molecule has 0 aromatic heterocycles. The molecule has 5 nitrogen and oxygen atoms in total. The Labute approximate surface area is 111 Å². The fourth-order valence-corrected chi connectivity index (χ4v) is 1.96. The van der Waals surface area contributed by atoms with E-state index < -0.39 is 12.0 Å². The highest BCUT2D eigenvalue weighted by Crippen LogP contribution is 2.25. The van der Waals surface area contributed by atoms with Gasteiger partial charge in [-0.25, -0.2) is 0 Å². The van der Waals surface area contributed by atoms with Gasteiger partial charge in [-0.05, 0) is 18.6 Å². The maximum Gasteiger partial charge on any atom is 0.326 e. The Morgan fingerprint density at radius 3 is 2.89 bits per heavy atom. The molecule has 1 aromatic rings. The van der Waals surface area contributed by atoms with Gasteiger partial charge in [0.25, 0.3) is 0 Å². The van der Waals surface area contributed by atoms with Gasteiger partial charge in [0.05, 0.1) is 12.3 Å². The molecule has 1 unspecified atom stereocenters. The zero-order valence-corrected chi connectivity index (χ0v) is 10.7. The van der Waals surface area contributed by atoms with Gasteiger partial charge in [-0.1, -0.05) is 30.4 Å². The van der Waals surface area contributed by atoms with Crippen LogP contribution in [0, 0.1) is 0 Å². The summed E-state index contributed by atoms with van der Waals surface area (Å²) in [6.07, 6.45) is 3.43. The fourth-order valence-electron chi connectivity index (χ4n) is 1.96. The lowest BCUT2D eigenvalue weighted by Crippen LogP contribution is -2.45. The molecule has 0 fully saturated rings.